The molecule has 0 aliphatic heterocycles. The summed E-state index contributed by atoms with van der Waals surface area (Å²) in [6.07, 6.45) is 9.64. The fourth-order valence-corrected chi connectivity index (χ4v) is 4.35. The van der Waals surface area contributed by atoms with Crippen molar-refractivity contribution in [2.45, 2.75) is 56.3 Å². The van der Waals surface area contributed by atoms with Gasteiger partial charge in [0.15, 0.2) is 5.84 Å². The first-order valence-electron chi connectivity index (χ1n) is 8.92. The van der Waals surface area contributed by atoms with Crippen LogP contribution in [0.4, 0.5) is 0 Å². The van der Waals surface area contributed by atoms with Crippen molar-refractivity contribution in [1.82, 2.24) is 9.97 Å². The number of thioether (sulfide) groups is 1. The average Bonchev–Trinajstić information content (AvgIpc) is 2.64. The molecule has 1 fully saturated rings. The maximum atomic E-state index is 8.19. The number of benzene rings is 1. The van der Waals surface area contributed by atoms with Gasteiger partial charge in [0.2, 0.25) is 0 Å². The van der Waals surface area contributed by atoms with Crippen molar-refractivity contribution in [1.29, 1.82) is 5.41 Å². The molecule has 1 N–H and O–H groups in total. The zero-order valence-electron chi connectivity index (χ0n) is 15.2. The number of aliphatic imine (C=N–C) groups is 1. The average molecular weight is 386 g/mol. The van der Waals surface area contributed by atoms with Crippen molar-refractivity contribution in [3.8, 4) is 0 Å². The molecule has 0 unspecified atom stereocenters. The third-order valence-electron chi connectivity index (χ3n) is 4.92. The van der Waals surface area contributed by atoms with Crippen LogP contribution in [-0.2, 0) is 18.0 Å². The molecule has 1 aliphatic carbocycles. The number of hydrogen-bond donors (Lipinski definition) is 1. The molecule has 1 aromatic heterocycles. The highest BCUT2D eigenvalue weighted by Crippen LogP contribution is 2.37. The van der Waals surface area contributed by atoms with Crippen molar-refractivity contribution in [3.63, 3.8) is 0 Å². The second-order valence-corrected chi connectivity index (χ2v) is 8.99. The van der Waals surface area contributed by atoms with Gasteiger partial charge in [-0.2, -0.15) is 4.99 Å². The van der Waals surface area contributed by atoms with Gasteiger partial charge in [-0.05, 0) is 43.7 Å². The van der Waals surface area contributed by atoms with Gasteiger partial charge >= 0.3 is 0 Å². The molecule has 0 bridgehead atoms. The number of aryl methyl sites for hydroxylation is 1. The minimum atomic E-state index is 0.113. The van der Waals surface area contributed by atoms with Crippen LogP contribution in [0.3, 0.4) is 0 Å². The normalized spacial score (nSPS) is 17.1. The van der Waals surface area contributed by atoms with Crippen LogP contribution in [0.2, 0.25) is 0 Å². The summed E-state index contributed by atoms with van der Waals surface area (Å²) >= 11 is 4.97. The molecule has 1 aliphatic rings. The molecular weight excluding hydrogens is 360 g/mol. The largest absolute Gasteiger partial charge is 0.284 e. The molecule has 26 heavy (non-hydrogen) atoms. The Hall–Kier alpha value is -1.66. The number of amidine groups is 1. The third kappa shape index (κ3) is 4.74. The Labute approximate surface area is 164 Å². The zero-order valence-corrected chi connectivity index (χ0v) is 17.1. The predicted octanol–water partition coefficient (Wildman–Crippen LogP) is 4.49. The summed E-state index contributed by atoms with van der Waals surface area (Å²) in [5, 5.41) is 8.19. The van der Waals surface area contributed by atoms with E-state index in [0.717, 1.165) is 23.4 Å². The fraction of sp³-hybridized carbons (Fsp3) is 0.400. The minimum absolute atomic E-state index is 0.113. The molecule has 1 aromatic carbocycles. The van der Waals surface area contributed by atoms with Crippen LogP contribution < -0.4 is 0 Å². The molecule has 6 heteroatoms. The molecule has 136 valence electrons. The molecular formula is C20H25N4S2+. The van der Waals surface area contributed by atoms with Crippen molar-refractivity contribution >= 4 is 34.6 Å². The van der Waals surface area contributed by atoms with E-state index >= 15 is 0 Å². The van der Waals surface area contributed by atoms with E-state index in [-0.39, 0.29) is 11.3 Å². The smallest absolute Gasteiger partial charge is 0.281 e. The monoisotopic (exact) mass is 385 g/mol. The van der Waals surface area contributed by atoms with Crippen LogP contribution in [0.5, 0.6) is 0 Å². The Balaban J connectivity index is 1.68. The SMILES string of the molecule is Cc1ccc(SC([SH2+])=NC(=N)c2cnc(C3(C)CCCCC3)cn2)cc1. The standard InChI is InChI=1S/C20H24N4S2/c1-14-6-8-15(9-7-14)26-19(25)24-18(21)16-12-23-17(13-22-16)20(2)10-4-3-5-11-20/h6-9,12-13H,3-5,10-11H2,1-2H3,(H2,21,24,25)/p+1. The van der Waals surface area contributed by atoms with Crippen molar-refractivity contribution in [2.75, 3.05) is 0 Å². The summed E-state index contributed by atoms with van der Waals surface area (Å²) in [4.78, 5) is 14.4. The number of hydrogen-bond acceptors (Lipinski definition) is 4. The van der Waals surface area contributed by atoms with Gasteiger partial charge in [0.25, 0.3) is 4.38 Å². The summed E-state index contributed by atoms with van der Waals surface area (Å²) in [6, 6.07) is 8.20. The van der Waals surface area contributed by atoms with E-state index in [4.69, 9.17) is 5.41 Å². The lowest BCUT2D eigenvalue weighted by Gasteiger charge is -2.32. The van der Waals surface area contributed by atoms with E-state index in [1.54, 1.807) is 6.20 Å². The Morgan fingerprint density at radius 3 is 2.42 bits per heavy atom. The number of rotatable bonds is 3. The van der Waals surface area contributed by atoms with Crippen LogP contribution in [0.25, 0.3) is 0 Å². The highest BCUT2D eigenvalue weighted by Gasteiger charge is 2.30. The molecule has 0 saturated heterocycles. The lowest BCUT2D eigenvalue weighted by atomic mass is 9.73. The first-order chi connectivity index (χ1) is 12.5. The quantitative estimate of drug-likeness (QED) is 0.366. The highest BCUT2D eigenvalue weighted by molar-refractivity contribution is 8.27. The van der Waals surface area contributed by atoms with E-state index in [9.17, 15) is 0 Å². The molecule has 0 spiro atoms. The number of aromatic nitrogens is 2. The van der Waals surface area contributed by atoms with Crippen LogP contribution in [0.15, 0.2) is 46.5 Å². The van der Waals surface area contributed by atoms with E-state index < -0.39 is 0 Å². The third-order valence-corrected chi connectivity index (χ3v) is 6.13. The van der Waals surface area contributed by atoms with Crippen molar-refractivity contribution in [2.24, 2.45) is 4.99 Å². The second kappa shape index (κ2) is 8.35. The highest BCUT2D eigenvalue weighted by atomic mass is 32.2. The van der Waals surface area contributed by atoms with Gasteiger partial charge in [-0.15, -0.1) is 0 Å². The van der Waals surface area contributed by atoms with Crippen molar-refractivity contribution < 1.29 is 0 Å². The summed E-state index contributed by atoms with van der Waals surface area (Å²) in [5.41, 5.74) is 2.87. The second-order valence-electron chi connectivity index (χ2n) is 7.09. The molecule has 1 heterocycles. The molecule has 0 amide bonds. The first-order valence-corrected chi connectivity index (χ1v) is 10.2. The Kier molecular flexibility index (Phi) is 6.14. The Morgan fingerprint density at radius 1 is 1.12 bits per heavy atom. The molecule has 4 nitrogen and oxygen atoms in total. The van der Waals surface area contributed by atoms with E-state index in [0.29, 0.717) is 10.1 Å². The first kappa shape index (κ1) is 19.1. The van der Waals surface area contributed by atoms with E-state index in [2.05, 4.69) is 53.6 Å². The van der Waals surface area contributed by atoms with Gasteiger partial charge in [0.05, 0.1) is 11.9 Å². The molecule has 2 aromatic rings. The molecule has 0 atom stereocenters. The molecule has 0 radical (unpaired) electrons. The number of nitrogens with one attached hydrogen (secondary N) is 1. The molecule has 1 saturated carbocycles. The van der Waals surface area contributed by atoms with E-state index in [1.807, 2.05) is 18.3 Å². The van der Waals surface area contributed by atoms with Gasteiger partial charge in [-0.1, -0.05) is 43.9 Å². The Bertz CT molecular complexity index is 792. The maximum Gasteiger partial charge on any atom is 0.284 e. The summed E-state index contributed by atoms with van der Waals surface area (Å²) in [5.74, 6) is 0.113. The summed E-state index contributed by atoms with van der Waals surface area (Å²) < 4.78 is 0.629. The van der Waals surface area contributed by atoms with Gasteiger partial charge in [-0.3, -0.25) is 10.4 Å². The number of nitrogens with zero attached hydrogens (tertiary/aromatic N) is 3. The molecule has 3 rings (SSSR count). The fourth-order valence-electron chi connectivity index (χ4n) is 3.25. The zero-order chi connectivity index (χ0) is 18.6. The van der Waals surface area contributed by atoms with Crippen LogP contribution in [0, 0.1) is 12.3 Å². The van der Waals surface area contributed by atoms with Crippen molar-refractivity contribution in [3.05, 3.63) is 53.6 Å². The topological polar surface area (TPSA) is 62.0 Å². The predicted molar refractivity (Wildman–Crippen MR) is 114 cm³/mol. The van der Waals surface area contributed by atoms with Crippen LogP contribution in [0.1, 0.15) is 56.0 Å². The lowest BCUT2D eigenvalue weighted by molar-refractivity contribution is 0.311. The van der Waals surface area contributed by atoms with Crippen LogP contribution >= 0.6 is 11.8 Å². The lowest BCUT2D eigenvalue weighted by Crippen LogP contribution is -2.26. The summed E-state index contributed by atoms with van der Waals surface area (Å²) in [6.45, 7) is 4.33. The Morgan fingerprint density at radius 2 is 1.81 bits per heavy atom. The van der Waals surface area contributed by atoms with E-state index in [1.165, 1.54) is 36.6 Å². The van der Waals surface area contributed by atoms with Gasteiger partial charge in [0.1, 0.15) is 5.69 Å². The maximum absolute atomic E-state index is 8.19. The summed E-state index contributed by atoms with van der Waals surface area (Å²) in [7, 11) is 0. The van der Waals surface area contributed by atoms with Gasteiger partial charge < -0.3 is 0 Å². The van der Waals surface area contributed by atoms with Gasteiger partial charge in [0, 0.05) is 29.1 Å². The van der Waals surface area contributed by atoms with Crippen LogP contribution in [-0.4, -0.2) is 20.2 Å². The minimum Gasteiger partial charge on any atom is -0.281 e. The van der Waals surface area contributed by atoms with Gasteiger partial charge in [-0.25, -0.2) is 4.98 Å².